The van der Waals surface area contributed by atoms with Crippen LogP contribution in [0.3, 0.4) is 0 Å². The van der Waals surface area contributed by atoms with Gasteiger partial charge in [0.05, 0.1) is 0 Å². The van der Waals surface area contributed by atoms with Crippen molar-refractivity contribution in [1.82, 2.24) is 5.32 Å². The maximum absolute atomic E-state index is 3.73. The summed E-state index contributed by atoms with van der Waals surface area (Å²) in [5.74, 6) is 0.785. The van der Waals surface area contributed by atoms with Gasteiger partial charge in [0.25, 0.3) is 0 Å². The lowest BCUT2D eigenvalue weighted by atomic mass is 9.83. The monoisotopic (exact) mass is 202 g/mol. The van der Waals surface area contributed by atoms with Crippen LogP contribution in [0.4, 0.5) is 5.69 Å². The molecule has 2 heteroatoms. The summed E-state index contributed by atoms with van der Waals surface area (Å²) in [5.41, 5.74) is 4.30. The number of nitrogens with one attached hydrogen (secondary N) is 2. The lowest BCUT2D eigenvalue weighted by Gasteiger charge is -2.39. The van der Waals surface area contributed by atoms with Crippen molar-refractivity contribution in [1.29, 1.82) is 0 Å². The fourth-order valence-corrected chi connectivity index (χ4v) is 2.90. The Labute approximate surface area is 91.1 Å². The van der Waals surface area contributed by atoms with E-state index >= 15 is 0 Å². The van der Waals surface area contributed by atoms with E-state index < -0.39 is 0 Å². The van der Waals surface area contributed by atoms with Gasteiger partial charge < -0.3 is 10.6 Å². The Morgan fingerprint density at radius 1 is 1.33 bits per heavy atom. The number of piperidine rings is 1. The number of para-hydroxylation sites is 1. The van der Waals surface area contributed by atoms with Crippen LogP contribution in [0, 0.1) is 12.8 Å². The van der Waals surface area contributed by atoms with Crippen molar-refractivity contribution in [3.63, 3.8) is 0 Å². The minimum atomic E-state index is 0.694. The maximum atomic E-state index is 3.73. The van der Waals surface area contributed by atoms with Crippen LogP contribution >= 0.6 is 0 Å². The molecule has 2 heterocycles. The Balaban J connectivity index is 1.95. The highest BCUT2D eigenvalue weighted by Crippen LogP contribution is 2.32. The second-order valence-electron chi connectivity index (χ2n) is 4.82. The van der Waals surface area contributed by atoms with E-state index in [1.807, 2.05) is 0 Å². The molecule has 2 aliphatic rings. The van der Waals surface area contributed by atoms with E-state index in [4.69, 9.17) is 0 Å². The fraction of sp³-hybridized carbons (Fsp3) is 0.538. The molecule has 2 N–H and O–H groups in total. The molecule has 0 radical (unpaired) electrons. The topological polar surface area (TPSA) is 24.1 Å². The van der Waals surface area contributed by atoms with E-state index in [1.54, 1.807) is 0 Å². The first-order valence-electron chi connectivity index (χ1n) is 5.90. The van der Waals surface area contributed by atoms with Gasteiger partial charge in [-0.05, 0) is 43.4 Å². The minimum Gasteiger partial charge on any atom is -0.381 e. The summed E-state index contributed by atoms with van der Waals surface area (Å²) >= 11 is 0. The van der Waals surface area contributed by atoms with Gasteiger partial charge in [0.2, 0.25) is 0 Å². The molecule has 0 saturated carbocycles. The van der Waals surface area contributed by atoms with Crippen LogP contribution in [0.1, 0.15) is 17.5 Å². The zero-order valence-corrected chi connectivity index (χ0v) is 9.22. The zero-order chi connectivity index (χ0) is 10.3. The number of benzene rings is 1. The third-order valence-corrected chi connectivity index (χ3v) is 3.78. The lowest BCUT2D eigenvalue weighted by Crippen LogP contribution is -2.47. The molecule has 3 rings (SSSR count). The van der Waals surface area contributed by atoms with Crippen LogP contribution < -0.4 is 10.6 Å². The van der Waals surface area contributed by atoms with E-state index in [0.717, 1.165) is 12.5 Å². The predicted molar refractivity (Wildman–Crippen MR) is 63.3 cm³/mol. The smallest absolute Gasteiger partial charge is 0.0404 e. The summed E-state index contributed by atoms with van der Waals surface area (Å²) in [6, 6.07) is 7.33. The number of rotatable bonds is 0. The van der Waals surface area contributed by atoms with Crippen LogP contribution in [0.5, 0.6) is 0 Å². The van der Waals surface area contributed by atoms with E-state index in [9.17, 15) is 0 Å². The molecule has 15 heavy (non-hydrogen) atoms. The van der Waals surface area contributed by atoms with E-state index in [0.29, 0.717) is 6.04 Å². The summed E-state index contributed by atoms with van der Waals surface area (Å²) in [7, 11) is 0. The van der Waals surface area contributed by atoms with E-state index in [1.165, 1.54) is 36.2 Å². The van der Waals surface area contributed by atoms with Crippen molar-refractivity contribution in [3.8, 4) is 0 Å². The minimum absolute atomic E-state index is 0.694. The molecule has 0 bridgehead atoms. The van der Waals surface area contributed by atoms with Gasteiger partial charge in [-0.2, -0.15) is 0 Å². The maximum Gasteiger partial charge on any atom is 0.0404 e. The van der Waals surface area contributed by atoms with Crippen molar-refractivity contribution in [2.45, 2.75) is 25.8 Å². The molecule has 0 amide bonds. The van der Waals surface area contributed by atoms with Crippen LogP contribution in [0.25, 0.3) is 0 Å². The van der Waals surface area contributed by atoms with Crippen LogP contribution in [0.2, 0.25) is 0 Å². The first-order chi connectivity index (χ1) is 7.34. The number of anilines is 1. The molecule has 1 fully saturated rings. The summed E-state index contributed by atoms with van der Waals surface area (Å²) in [6.07, 6.45) is 2.50. The molecule has 1 saturated heterocycles. The normalized spacial score (nSPS) is 28.9. The van der Waals surface area contributed by atoms with Crippen molar-refractivity contribution < 1.29 is 0 Å². The Hall–Kier alpha value is -1.02. The summed E-state index contributed by atoms with van der Waals surface area (Å²) in [6.45, 7) is 4.54. The molecule has 2 atom stereocenters. The Morgan fingerprint density at radius 3 is 3.20 bits per heavy atom. The summed E-state index contributed by atoms with van der Waals surface area (Å²) in [5, 5.41) is 7.22. The number of aryl methyl sites for hydroxylation is 1. The van der Waals surface area contributed by atoms with Crippen molar-refractivity contribution >= 4 is 5.69 Å². The van der Waals surface area contributed by atoms with Crippen molar-refractivity contribution in [2.24, 2.45) is 5.92 Å². The number of fused-ring (bicyclic) bond motifs is 2. The molecular formula is C13H18N2. The lowest BCUT2D eigenvalue weighted by molar-refractivity contribution is 0.333. The highest BCUT2D eigenvalue weighted by molar-refractivity contribution is 5.59. The largest absolute Gasteiger partial charge is 0.381 e. The first-order valence-corrected chi connectivity index (χ1v) is 5.90. The molecular weight excluding hydrogens is 184 g/mol. The van der Waals surface area contributed by atoms with Gasteiger partial charge in [-0.3, -0.25) is 0 Å². The second-order valence-corrected chi connectivity index (χ2v) is 4.82. The molecule has 2 unspecified atom stereocenters. The summed E-state index contributed by atoms with van der Waals surface area (Å²) in [4.78, 5) is 0. The van der Waals surface area contributed by atoms with Gasteiger partial charge in [0.1, 0.15) is 0 Å². The highest BCUT2D eigenvalue weighted by Gasteiger charge is 2.30. The van der Waals surface area contributed by atoms with E-state index in [-0.39, 0.29) is 0 Å². The SMILES string of the molecule is Cc1cccc2c1NC1CCNCC1C2. The number of hydrogen-bond acceptors (Lipinski definition) is 2. The third kappa shape index (κ3) is 1.53. The van der Waals surface area contributed by atoms with Gasteiger partial charge in [-0.15, -0.1) is 0 Å². The average molecular weight is 202 g/mol. The molecule has 1 aromatic rings. The highest BCUT2D eigenvalue weighted by atomic mass is 15.0. The quantitative estimate of drug-likeness (QED) is 0.672. The zero-order valence-electron chi connectivity index (χ0n) is 9.22. The molecule has 2 nitrogen and oxygen atoms in total. The van der Waals surface area contributed by atoms with Gasteiger partial charge in [-0.1, -0.05) is 18.2 Å². The standard InChI is InChI=1S/C13H18N2/c1-9-3-2-4-10-7-11-8-14-6-5-12(11)15-13(9)10/h2-4,11-12,14-15H,5-8H2,1H3. The summed E-state index contributed by atoms with van der Waals surface area (Å²) < 4.78 is 0. The fourth-order valence-electron chi connectivity index (χ4n) is 2.90. The van der Waals surface area contributed by atoms with Crippen LogP contribution in [-0.2, 0) is 6.42 Å². The molecule has 0 spiro atoms. The molecule has 2 aliphatic heterocycles. The van der Waals surface area contributed by atoms with E-state index in [2.05, 4.69) is 35.8 Å². The van der Waals surface area contributed by atoms with Crippen LogP contribution in [0.15, 0.2) is 18.2 Å². The van der Waals surface area contributed by atoms with Gasteiger partial charge in [0.15, 0.2) is 0 Å². The van der Waals surface area contributed by atoms with Gasteiger partial charge >= 0.3 is 0 Å². The van der Waals surface area contributed by atoms with Gasteiger partial charge in [0, 0.05) is 18.3 Å². The van der Waals surface area contributed by atoms with Crippen molar-refractivity contribution in [2.75, 3.05) is 18.4 Å². The Kier molecular flexibility index (Phi) is 2.17. The Bertz CT molecular complexity index is 373. The average Bonchev–Trinajstić information content (AvgIpc) is 2.27. The molecule has 0 aliphatic carbocycles. The molecule has 1 aromatic carbocycles. The van der Waals surface area contributed by atoms with Gasteiger partial charge in [-0.25, -0.2) is 0 Å². The first kappa shape index (κ1) is 9.22. The molecule has 80 valence electrons. The predicted octanol–water partition coefficient (Wildman–Crippen LogP) is 1.94. The number of hydrogen-bond donors (Lipinski definition) is 2. The Morgan fingerprint density at radius 2 is 2.27 bits per heavy atom. The second kappa shape index (κ2) is 3.53. The van der Waals surface area contributed by atoms with Crippen LogP contribution in [-0.4, -0.2) is 19.1 Å². The van der Waals surface area contributed by atoms with Crippen molar-refractivity contribution in [3.05, 3.63) is 29.3 Å². The third-order valence-electron chi connectivity index (χ3n) is 3.78. The molecule has 0 aromatic heterocycles.